The molecule has 1 aliphatic rings. The molecule has 4 heteroatoms. The Kier molecular flexibility index (Phi) is 4.72. The van der Waals surface area contributed by atoms with Crippen LogP contribution >= 0.6 is 35.0 Å². The van der Waals surface area contributed by atoms with Crippen molar-refractivity contribution in [2.24, 2.45) is 5.73 Å². The lowest BCUT2D eigenvalue weighted by Crippen LogP contribution is -2.25. The first-order valence-corrected chi connectivity index (χ1v) is 6.79. The van der Waals surface area contributed by atoms with E-state index in [0.717, 1.165) is 15.6 Å². The monoisotopic (exact) mass is 367 g/mol. The summed E-state index contributed by atoms with van der Waals surface area (Å²) in [4.78, 5) is 0. The van der Waals surface area contributed by atoms with Crippen molar-refractivity contribution in [2.75, 3.05) is 0 Å². The highest BCUT2D eigenvalue weighted by atomic mass is 127. The van der Waals surface area contributed by atoms with Crippen LogP contribution in [-0.4, -0.2) is 5.11 Å². The van der Waals surface area contributed by atoms with Crippen molar-refractivity contribution in [1.29, 1.82) is 0 Å². The molecule has 0 spiro atoms. The Labute approximate surface area is 123 Å². The number of fused-ring (bicyclic) bond motifs is 1. The second-order valence-corrected chi connectivity index (χ2v) is 6.24. The Balaban J connectivity index is 0.00000144. The highest BCUT2D eigenvalue weighted by molar-refractivity contribution is 14.1. The normalized spacial score (nSPS) is 17.2. The Bertz CT molecular complexity index is 432. The maximum absolute atomic E-state index is 10.0. The summed E-state index contributed by atoms with van der Waals surface area (Å²) < 4.78 is 1.00. The van der Waals surface area contributed by atoms with Gasteiger partial charge in [0.15, 0.2) is 0 Å². The predicted octanol–water partition coefficient (Wildman–Crippen LogP) is 3.49. The molecule has 1 aliphatic carbocycles. The van der Waals surface area contributed by atoms with Gasteiger partial charge in [0.2, 0.25) is 0 Å². The Morgan fingerprint density at radius 3 is 2.71 bits per heavy atom. The molecule has 1 aromatic carbocycles. The van der Waals surface area contributed by atoms with Crippen molar-refractivity contribution in [1.82, 2.24) is 0 Å². The number of nitrogens with two attached hydrogens (primary N) is 1. The third-order valence-electron chi connectivity index (χ3n) is 3.60. The van der Waals surface area contributed by atoms with Gasteiger partial charge in [-0.05, 0) is 64.5 Å². The van der Waals surface area contributed by atoms with Gasteiger partial charge in [0.1, 0.15) is 5.75 Å². The Morgan fingerprint density at radius 2 is 2.12 bits per heavy atom. The molecule has 3 N–H and O–H groups in total. The molecule has 17 heavy (non-hydrogen) atoms. The number of halogens is 2. The topological polar surface area (TPSA) is 46.2 Å². The molecular weight excluding hydrogens is 349 g/mol. The predicted molar refractivity (Wildman–Crippen MR) is 81.9 cm³/mol. The lowest BCUT2D eigenvalue weighted by molar-refractivity contribution is 0.421. The largest absolute Gasteiger partial charge is 0.506 e. The van der Waals surface area contributed by atoms with Crippen LogP contribution in [0.25, 0.3) is 0 Å². The summed E-state index contributed by atoms with van der Waals surface area (Å²) in [6, 6.07) is 2.10. The van der Waals surface area contributed by atoms with Gasteiger partial charge in [-0.2, -0.15) is 0 Å². The lowest BCUT2D eigenvalue weighted by Gasteiger charge is -2.34. The Hall–Kier alpha value is -0.0000000000000000555. The summed E-state index contributed by atoms with van der Waals surface area (Å²) in [5.41, 5.74) is 9.47. The van der Waals surface area contributed by atoms with E-state index in [1.165, 1.54) is 24.0 Å². The molecule has 0 aliphatic heterocycles. The number of phenolic OH excluding ortho intramolecular Hbond substituents is 1. The van der Waals surface area contributed by atoms with Crippen molar-refractivity contribution in [3.63, 3.8) is 0 Å². The second-order valence-electron chi connectivity index (χ2n) is 5.17. The first-order chi connectivity index (χ1) is 7.47. The van der Waals surface area contributed by atoms with Crippen LogP contribution in [0.5, 0.6) is 5.75 Å². The van der Waals surface area contributed by atoms with E-state index >= 15 is 0 Å². The smallest absolute Gasteiger partial charge is 0.133 e. The van der Waals surface area contributed by atoms with Crippen LogP contribution in [-0.2, 0) is 18.4 Å². The van der Waals surface area contributed by atoms with Crippen molar-refractivity contribution in [3.8, 4) is 5.75 Å². The van der Waals surface area contributed by atoms with E-state index in [-0.39, 0.29) is 17.8 Å². The molecule has 2 nitrogen and oxygen atoms in total. The van der Waals surface area contributed by atoms with E-state index in [2.05, 4.69) is 42.5 Å². The van der Waals surface area contributed by atoms with E-state index in [4.69, 9.17) is 5.73 Å². The number of aromatic hydroxyl groups is 1. The van der Waals surface area contributed by atoms with E-state index in [1.807, 2.05) is 0 Å². The fourth-order valence-electron chi connectivity index (χ4n) is 2.58. The lowest BCUT2D eigenvalue weighted by atomic mass is 9.72. The molecule has 0 amide bonds. The molecule has 96 valence electrons. The van der Waals surface area contributed by atoms with E-state index < -0.39 is 0 Å². The molecule has 0 heterocycles. The zero-order chi connectivity index (χ0) is 11.9. The van der Waals surface area contributed by atoms with Crippen molar-refractivity contribution in [2.45, 2.75) is 45.1 Å². The minimum absolute atomic E-state index is 0. The summed E-state index contributed by atoms with van der Waals surface area (Å²) in [7, 11) is 0. The highest BCUT2D eigenvalue weighted by Gasteiger charge is 2.30. The van der Waals surface area contributed by atoms with Crippen LogP contribution in [0.3, 0.4) is 0 Å². The van der Waals surface area contributed by atoms with Crippen LogP contribution in [0.2, 0.25) is 0 Å². The van der Waals surface area contributed by atoms with Crippen molar-refractivity contribution < 1.29 is 5.11 Å². The highest BCUT2D eigenvalue weighted by Crippen LogP contribution is 2.42. The summed E-state index contributed by atoms with van der Waals surface area (Å²) in [6.45, 7) is 4.96. The third-order valence-corrected chi connectivity index (χ3v) is 4.76. The third kappa shape index (κ3) is 2.56. The number of hydrogen-bond donors (Lipinski definition) is 2. The van der Waals surface area contributed by atoms with E-state index in [9.17, 15) is 5.11 Å². The van der Waals surface area contributed by atoms with Crippen LogP contribution in [0.1, 0.15) is 43.4 Å². The van der Waals surface area contributed by atoms with Crippen LogP contribution in [0, 0.1) is 3.57 Å². The van der Waals surface area contributed by atoms with Gasteiger partial charge in [-0.1, -0.05) is 13.8 Å². The van der Waals surface area contributed by atoms with Gasteiger partial charge in [-0.15, -0.1) is 12.4 Å². The number of hydrogen-bond acceptors (Lipinski definition) is 2. The van der Waals surface area contributed by atoms with Gasteiger partial charge >= 0.3 is 0 Å². The summed E-state index contributed by atoms with van der Waals surface area (Å²) >= 11 is 2.25. The number of phenols is 1. The van der Waals surface area contributed by atoms with Crippen LogP contribution < -0.4 is 5.73 Å². The average molecular weight is 368 g/mol. The zero-order valence-corrected chi connectivity index (χ0v) is 13.2. The van der Waals surface area contributed by atoms with Crippen molar-refractivity contribution >= 4 is 35.0 Å². The molecule has 0 aromatic heterocycles. The molecule has 0 saturated heterocycles. The fourth-order valence-corrected chi connectivity index (χ4v) is 3.48. The SMILES string of the molecule is CC1(C)CCCc2c1cc(CN)c(O)c2I.Cl. The van der Waals surface area contributed by atoms with Gasteiger partial charge in [0, 0.05) is 12.1 Å². The molecular formula is C13H19ClINO. The minimum Gasteiger partial charge on any atom is -0.506 e. The average Bonchev–Trinajstić information content (AvgIpc) is 2.23. The van der Waals surface area contributed by atoms with Crippen LogP contribution in [0.15, 0.2) is 6.07 Å². The second kappa shape index (κ2) is 5.33. The first kappa shape index (κ1) is 15.1. The maximum Gasteiger partial charge on any atom is 0.133 e. The fraction of sp³-hybridized carbons (Fsp3) is 0.538. The summed E-state index contributed by atoms with van der Waals surface area (Å²) in [6.07, 6.45) is 3.50. The molecule has 2 rings (SSSR count). The summed E-state index contributed by atoms with van der Waals surface area (Å²) in [5.74, 6) is 0.388. The van der Waals surface area contributed by atoms with E-state index in [1.54, 1.807) is 0 Å². The van der Waals surface area contributed by atoms with Crippen LogP contribution in [0.4, 0.5) is 0 Å². The summed E-state index contributed by atoms with van der Waals surface area (Å²) in [5, 5.41) is 10.0. The molecule has 0 saturated carbocycles. The molecule has 0 radical (unpaired) electrons. The first-order valence-electron chi connectivity index (χ1n) is 5.71. The molecule has 0 atom stereocenters. The maximum atomic E-state index is 10.0. The minimum atomic E-state index is 0. The van der Waals surface area contributed by atoms with Gasteiger partial charge in [0.05, 0.1) is 3.57 Å². The van der Waals surface area contributed by atoms with Crippen molar-refractivity contribution in [3.05, 3.63) is 26.3 Å². The quantitative estimate of drug-likeness (QED) is 0.746. The number of rotatable bonds is 1. The molecule has 0 bridgehead atoms. The molecule has 0 fully saturated rings. The van der Waals surface area contributed by atoms with Gasteiger partial charge in [-0.3, -0.25) is 0 Å². The van der Waals surface area contributed by atoms with Gasteiger partial charge in [0.25, 0.3) is 0 Å². The number of benzene rings is 1. The molecule has 1 aromatic rings. The van der Waals surface area contributed by atoms with Gasteiger partial charge < -0.3 is 10.8 Å². The Morgan fingerprint density at radius 1 is 1.47 bits per heavy atom. The van der Waals surface area contributed by atoms with E-state index in [0.29, 0.717) is 12.3 Å². The zero-order valence-electron chi connectivity index (χ0n) is 10.2. The van der Waals surface area contributed by atoms with Gasteiger partial charge in [-0.25, -0.2) is 0 Å². The molecule has 0 unspecified atom stereocenters. The standard InChI is InChI=1S/C13H18INO.ClH/c1-13(2)5-3-4-9-10(13)6-8(7-15)12(16)11(9)14;/h6,16H,3-5,7,15H2,1-2H3;1H.